The smallest absolute Gasteiger partial charge is 0.251 e. The zero-order valence-corrected chi connectivity index (χ0v) is 14.6. The molecular formula is C18H19FN2O5. The molecule has 8 heteroatoms. The Morgan fingerprint density at radius 3 is 2.19 bits per heavy atom. The van der Waals surface area contributed by atoms with E-state index in [1.807, 2.05) is 0 Å². The van der Waals surface area contributed by atoms with Gasteiger partial charge in [-0.3, -0.25) is 9.59 Å². The second-order valence-electron chi connectivity index (χ2n) is 5.16. The van der Waals surface area contributed by atoms with Crippen molar-refractivity contribution in [3.63, 3.8) is 0 Å². The van der Waals surface area contributed by atoms with E-state index in [0.29, 0.717) is 22.9 Å². The van der Waals surface area contributed by atoms with Crippen LogP contribution in [0.25, 0.3) is 0 Å². The van der Waals surface area contributed by atoms with Crippen molar-refractivity contribution in [3.05, 3.63) is 47.8 Å². The summed E-state index contributed by atoms with van der Waals surface area (Å²) in [4.78, 5) is 24.2. The molecule has 0 fully saturated rings. The fraction of sp³-hybridized carbons (Fsp3) is 0.222. The summed E-state index contributed by atoms with van der Waals surface area (Å²) in [6, 6.07) is 8.41. The van der Waals surface area contributed by atoms with Gasteiger partial charge in [0.2, 0.25) is 11.7 Å². The summed E-state index contributed by atoms with van der Waals surface area (Å²) in [6.07, 6.45) is 0. The highest BCUT2D eigenvalue weighted by Crippen LogP contribution is 2.38. The van der Waals surface area contributed by atoms with Crippen LogP contribution < -0.4 is 24.8 Å². The van der Waals surface area contributed by atoms with Gasteiger partial charge in [-0.1, -0.05) is 6.07 Å². The van der Waals surface area contributed by atoms with Crippen LogP contribution in [0.4, 0.5) is 10.1 Å². The lowest BCUT2D eigenvalue weighted by Crippen LogP contribution is -2.32. The summed E-state index contributed by atoms with van der Waals surface area (Å²) in [5.41, 5.74) is 0.537. The Labute approximate surface area is 150 Å². The molecule has 0 aliphatic carbocycles. The number of nitrogens with one attached hydrogen (secondary N) is 2. The van der Waals surface area contributed by atoms with Crippen LogP contribution >= 0.6 is 0 Å². The molecule has 138 valence electrons. The molecule has 26 heavy (non-hydrogen) atoms. The standard InChI is InChI=1S/C18H19FN2O5/c1-24-14-7-11(8-15(25-2)17(14)26-3)18(23)20-10-16(22)21-13-6-4-5-12(19)9-13/h4-9H,10H2,1-3H3,(H,20,23)(H,21,22). The number of ether oxygens (including phenoxy) is 3. The minimum absolute atomic E-state index is 0.234. The molecule has 0 heterocycles. The van der Waals surface area contributed by atoms with Crippen LogP contribution in [0.1, 0.15) is 10.4 Å². The quantitative estimate of drug-likeness (QED) is 0.789. The largest absolute Gasteiger partial charge is 0.493 e. The molecule has 0 atom stereocenters. The average molecular weight is 362 g/mol. The first-order valence-electron chi connectivity index (χ1n) is 7.62. The Morgan fingerprint density at radius 2 is 1.65 bits per heavy atom. The third-order valence-corrected chi connectivity index (χ3v) is 3.44. The maximum atomic E-state index is 13.1. The number of carbonyl (C=O) groups is 2. The van der Waals surface area contributed by atoms with Crippen LogP contribution in [-0.4, -0.2) is 39.7 Å². The van der Waals surface area contributed by atoms with Crippen LogP contribution in [0, 0.1) is 5.82 Å². The Hall–Kier alpha value is -3.29. The zero-order valence-electron chi connectivity index (χ0n) is 14.6. The Balaban J connectivity index is 2.04. The Morgan fingerprint density at radius 1 is 1.00 bits per heavy atom. The number of halogens is 1. The third kappa shape index (κ3) is 4.62. The molecule has 2 rings (SSSR count). The maximum absolute atomic E-state index is 13.1. The van der Waals surface area contributed by atoms with E-state index in [-0.39, 0.29) is 12.1 Å². The summed E-state index contributed by atoms with van der Waals surface area (Å²) >= 11 is 0. The molecule has 2 N–H and O–H groups in total. The van der Waals surface area contributed by atoms with E-state index in [2.05, 4.69) is 10.6 Å². The molecule has 7 nitrogen and oxygen atoms in total. The van der Waals surface area contributed by atoms with Crippen LogP contribution in [0.2, 0.25) is 0 Å². The van der Waals surface area contributed by atoms with Gasteiger partial charge in [0.1, 0.15) is 5.82 Å². The number of anilines is 1. The SMILES string of the molecule is COc1cc(C(=O)NCC(=O)Nc2cccc(F)c2)cc(OC)c1OC. The van der Waals surface area contributed by atoms with Gasteiger partial charge in [-0.05, 0) is 30.3 Å². The van der Waals surface area contributed by atoms with Crippen molar-refractivity contribution in [2.75, 3.05) is 33.2 Å². The number of carbonyl (C=O) groups excluding carboxylic acids is 2. The van der Waals surface area contributed by atoms with Crippen molar-refractivity contribution < 1.29 is 28.2 Å². The van der Waals surface area contributed by atoms with Crippen LogP contribution in [0.15, 0.2) is 36.4 Å². The highest BCUT2D eigenvalue weighted by atomic mass is 19.1. The molecule has 0 aliphatic heterocycles. The average Bonchev–Trinajstić information content (AvgIpc) is 2.64. The molecule has 0 aliphatic rings. The normalized spacial score (nSPS) is 10.0. The summed E-state index contributed by atoms with van der Waals surface area (Å²) in [6.45, 7) is -0.286. The molecule has 0 spiro atoms. The third-order valence-electron chi connectivity index (χ3n) is 3.44. The fourth-order valence-corrected chi connectivity index (χ4v) is 2.25. The van der Waals surface area contributed by atoms with Crippen molar-refractivity contribution in [1.82, 2.24) is 5.32 Å². The zero-order chi connectivity index (χ0) is 19.1. The van der Waals surface area contributed by atoms with E-state index >= 15 is 0 Å². The monoisotopic (exact) mass is 362 g/mol. The molecule has 2 aromatic rings. The molecule has 0 radical (unpaired) electrons. The van der Waals surface area contributed by atoms with E-state index in [1.54, 1.807) is 6.07 Å². The maximum Gasteiger partial charge on any atom is 0.251 e. The molecule has 0 unspecified atom stereocenters. The van der Waals surface area contributed by atoms with Gasteiger partial charge in [0, 0.05) is 11.3 Å². The van der Waals surface area contributed by atoms with Crippen molar-refractivity contribution in [1.29, 1.82) is 0 Å². The van der Waals surface area contributed by atoms with Crippen molar-refractivity contribution in [2.45, 2.75) is 0 Å². The second kappa shape index (κ2) is 8.70. The summed E-state index contributed by atoms with van der Waals surface area (Å²) in [7, 11) is 4.33. The van der Waals surface area contributed by atoms with E-state index < -0.39 is 17.6 Å². The van der Waals surface area contributed by atoms with Gasteiger partial charge in [-0.15, -0.1) is 0 Å². The molecule has 2 aromatic carbocycles. The topological polar surface area (TPSA) is 85.9 Å². The minimum Gasteiger partial charge on any atom is -0.493 e. The summed E-state index contributed by atoms with van der Waals surface area (Å²) in [5, 5.41) is 4.97. The first-order valence-corrected chi connectivity index (χ1v) is 7.62. The lowest BCUT2D eigenvalue weighted by atomic mass is 10.1. The molecular weight excluding hydrogens is 343 g/mol. The van der Waals surface area contributed by atoms with Gasteiger partial charge in [0.15, 0.2) is 11.5 Å². The van der Waals surface area contributed by atoms with Crippen LogP contribution in [-0.2, 0) is 4.79 Å². The Kier molecular flexibility index (Phi) is 6.37. The number of benzene rings is 2. The summed E-state index contributed by atoms with van der Waals surface area (Å²) in [5.74, 6) is -0.461. The lowest BCUT2D eigenvalue weighted by Gasteiger charge is -2.14. The van der Waals surface area contributed by atoms with Gasteiger partial charge in [0.05, 0.1) is 27.9 Å². The number of hydrogen-bond donors (Lipinski definition) is 2. The van der Waals surface area contributed by atoms with Gasteiger partial charge in [-0.2, -0.15) is 0 Å². The lowest BCUT2D eigenvalue weighted by molar-refractivity contribution is -0.115. The number of methoxy groups -OCH3 is 3. The van der Waals surface area contributed by atoms with Gasteiger partial charge < -0.3 is 24.8 Å². The van der Waals surface area contributed by atoms with E-state index in [9.17, 15) is 14.0 Å². The number of amides is 2. The highest BCUT2D eigenvalue weighted by Gasteiger charge is 2.17. The van der Waals surface area contributed by atoms with Crippen molar-refractivity contribution in [3.8, 4) is 17.2 Å². The van der Waals surface area contributed by atoms with Gasteiger partial charge in [0.25, 0.3) is 5.91 Å². The van der Waals surface area contributed by atoms with E-state index in [0.717, 1.165) is 0 Å². The van der Waals surface area contributed by atoms with Crippen LogP contribution in [0.3, 0.4) is 0 Å². The predicted octanol–water partition coefficient (Wildman–Crippen LogP) is 2.22. The van der Waals surface area contributed by atoms with Gasteiger partial charge >= 0.3 is 0 Å². The second-order valence-corrected chi connectivity index (χ2v) is 5.16. The molecule has 0 bridgehead atoms. The fourth-order valence-electron chi connectivity index (χ4n) is 2.25. The minimum atomic E-state index is -0.501. The summed E-state index contributed by atoms with van der Waals surface area (Å²) < 4.78 is 28.7. The highest BCUT2D eigenvalue weighted by molar-refractivity contribution is 6.00. The number of rotatable bonds is 7. The van der Waals surface area contributed by atoms with Crippen molar-refractivity contribution >= 4 is 17.5 Å². The molecule has 0 saturated carbocycles. The molecule has 0 saturated heterocycles. The predicted molar refractivity (Wildman–Crippen MR) is 93.5 cm³/mol. The van der Waals surface area contributed by atoms with Crippen LogP contribution in [0.5, 0.6) is 17.2 Å². The Bertz CT molecular complexity index is 785. The first kappa shape index (κ1) is 19.0. The number of hydrogen-bond acceptors (Lipinski definition) is 5. The van der Waals surface area contributed by atoms with E-state index in [4.69, 9.17) is 14.2 Å². The molecule has 2 amide bonds. The van der Waals surface area contributed by atoms with Crippen molar-refractivity contribution in [2.24, 2.45) is 0 Å². The molecule has 0 aromatic heterocycles. The van der Waals surface area contributed by atoms with E-state index in [1.165, 1.54) is 51.7 Å². The van der Waals surface area contributed by atoms with Gasteiger partial charge in [-0.25, -0.2) is 4.39 Å². The first-order chi connectivity index (χ1) is 12.5.